The molecule has 0 bridgehead atoms. The summed E-state index contributed by atoms with van der Waals surface area (Å²) < 4.78 is 11.0. The Bertz CT molecular complexity index is 414. The Balaban J connectivity index is 1.86. The number of rotatable bonds is 6. The van der Waals surface area contributed by atoms with Gasteiger partial charge in [-0.05, 0) is 37.5 Å². The van der Waals surface area contributed by atoms with Crippen LogP contribution >= 0.6 is 0 Å². The van der Waals surface area contributed by atoms with Gasteiger partial charge in [0.1, 0.15) is 5.75 Å². The Morgan fingerprint density at radius 2 is 2.42 bits per heavy atom. The van der Waals surface area contributed by atoms with Crippen LogP contribution in [0.4, 0.5) is 0 Å². The fraction of sp³-hybridized carbons (Fsp3) is 0.533. The smallest absolute Gasteiger partial charge is 0.251 e. The summed E-state index contributed by atoms with van der Waals surface area (Å²) in [5.41, 5.74) is 0.631. The van der Waals surface area contributed by atoms with Crippen LogP contribution < -0.4 is 10.1 Å². The minimum absolute atomic E-state index is 0.0718. The van der Waals surface area contributed by atoms with E-state index in [1.54, 1.807) is 12.1 Å². The number of amides is 1. The highest BCUT2D eigenvalue weighted by atomic mass is 16.5. The third-order valence-corrected chi connectivity index (χ3v) is 3.08. The molecular weight excluding hydrogens is 242 g/mol. The SMILES string of the molecule is CCCOc1cccc(C(=O)NCC2CCCO2)c1. The molecule has 0 aromatic heterocycles. The summed E-state index contributed by atoms with van der Waals surface area (Å²) in [6.45, 7) is 4.11. The van der Waals surface area contributed by atoms with E-state index in [0.29, 0.717) is 18.7 Å². The lowest BCUT2D eigenvalue weighted by Crippen LogP contribution is -2.31. The van der Waals surface area contributed by atoms with Crippen LogP contribution in [0.1, 0.15) is 36.5 Å². The molecule has 0 spiro atoms. The van der Waals surface area contributed by atoms with Gasteiger partial charge in [0.2, 0.25) is 0 Å². The fourth-order valence-corrected chi connectivity index (χ4v) is 2.06. The van der Waals surface area contributed by atoms with Gasteiger partial charge in [0, 0.05) is 18.7 Å². The number of hydrogen-bond acceptors (Lipinski definition) is 3. The third kappa shape index (κ3) is 4.24. The van der Waals surface area contributed by atoms with Gasteiger partial charge in [0.25, 0.3) is 5.91 Å². The molecule has 1 heterocycles. The first-order valence-corrected chi connectivity index (χ1v) is 6.92. The molecule has 1 fully saturated rings. The van der Waals surface area contributed by atoms with Crippen molar-refractivity contribution in [1.82, 2.24) is 5.32 Å². The van der Waals surface area contributed by atoms with Crippen molar-refractivity contribution in [2.24, 2.45) is 0 Å². The van der Waals surface area contributed by atoms with Gasteiger partial charge in [0.15, 0.2) is 0 Å². The minimum Gasteiger partial charge on any atom is -0.494 e. The number of hydrogen-bond donors (Lipinski definition) is 1. The van der Waals surface area contributed by atoms with Gasteiger partial charge in [-0.1, -0.05) is 13.0 Å². The van der Waals surface area contributed by atoms with Gasteiger partial charge >= 0.3 is 0 Å². The molecular formula is C15H21NO3. The van der Waals surface area contributed by atoms with E-state index in [0.717, 1.165) is 31.6 Å². The van der Waals surface area contributed by atoms with E-state index in [1.165, 1.54) is 0 Å². The lowest BCUT2D eigenvalue weighted by Gasteiger charge is -2.11. The number of ether oxygens (including phenoxy) is 2. The first-order chi connectivity index (χ1) is 9.29. The standard InChI is InChI=1S/C15H21NO3/c1-2-8-18-13-6-3-5-12(10-13)15(17)16-11-14-7-4-9-19-14/h3,5-6,10,14H,2,4,7-9,11H2,1H3,(H,16,17). The van der Waals surface area contributed by atoms with E-state index >= 15 is 0 Å². The Morgan fingerprint density at radius 1 is 1.53 bits per heavy atom. The van der Waals surface area contributed by atoms with Crippen LogP contribution in [-0.2, 0) is 4.74 Å². The predicted molar refractivity (Wildman–Crippen MR) is 73.5 cm³/mol. The lowest BCUT2D eigenvalue weighted by atomic mass is 10.2. The normalized spacial score (nSPS) is 18.3. The molecule has 19 heavy (non-hydrogen) atoms. The summed E-state index contributed by atoms with van der Waals surface area (Å²) in [5.74, 6) is 0.670. The minimum atomic E-state index is -0.0718. The number of benzene rings is 1. The molecule has 4 heteroatoms. The largest absolute Gasteiger partial charge is 0.494 e. The summed E-state index contributed by atoms with van der Waals surface area (Å²) in [6, 6.07) is 7.28. The molecule has 0 saturated carbocycles. The Kier molecular flexibility index (Phi) is 5.21. The second-order valence-corrected chi connectivity index (χ2v) is 4.72. The van der Waals surface area contributed by atoms with Crippen molar-refractivity contribution in [3.05, 3.63) is 29.8 Å². The lowest BCUT2D eigenvalue weighted by molar-refractivity contribution is 0.0857. The summed E-state index contributed by atoms with van der Waals surface area (Å²) in [6.07, 6.45) is 3.24. The summed E-state index contributed by atoms with van der Waals surface area (Å²) >= 11 is 0. The van der Waals surface area contributed by atoms with Crippen molar-refractivity contribution in [2.45, 2.75) is 32.3 Å². The van der Waals surface area contributed by atoms with Gasteiger partial charge in [-0.25, -0.2) is 0 Å². The summed E-state index contributed by atoms with van der Waals surface area (Å²) in [7, 11) is 0. The zero-order valence-corrected chi connectivity index (χ0v) is 11.4. The number of nitrogens with one attached hydrogen (secondary N) is 1. The highest BCUT2D eigenvalue weighted by molar-refractivity contribution is 5.94. The van der Waals surface area contributed by atoms with Gasteiger partial charge in [0.05, 0.1) is 12.7 Å². The average Bonchev–Trinajstić information content (AvgIpc) is 2.96. The molecule has 0 aliphatic carbocycles. The molecule has 1 aliphatic heterocycles. The van der Waals surface area contributed by atoms with Crippen LogP contribution in [0.2, 0.25) is 0 Å². The number of carbonyl (C=O) groups excluding carboxylic acids is 1. The molecule has 1 aromatic rings. The zero-order valence-electron chi connectivity index (χ0n) is 11.4. The molecule has 1 atom stereocenters. The molecule has 0 radical (unpaired) electrons. The third-order valence-electron chi connectivity index (χ3n) is 3.08. The molecule has 4 nitrogen and oxygen atoms in total. The molecule has 1 amide bonds. The van der Waals surface area contributed by atoms with Gasteiger partial charge in [-0.2, -0.15) is 0 Å². The van der Waals surface area contributed by atoms with Crippen molar-refractivity contribution >= 4 is 5.91 Å². The summed E-state index contributed by atoms with van der Waals surface area (Å²) in [4.78, 5) is 12.0. The Hall–Kier alpha value is -1.55. The maximum atomic E-state index is 12.0. The van der Waals surface area contributed by atoms with Crippen LogP contribution in [-0.4, -0.2) is 31.8 Å². The second-order valence-electron chi connectivity index (χ2n) is 4.72. The average molecular weight is 263 g/mol. The van der Waals surface area contributed by atoms with Crippen LogP contribution in [0.15, 0.2) is 24.3 Å². The molecule has 2 rings (SSSR count). The molecule has 104 valence electrons. The van der Waals surface area contributed by atoms with Crippen molar-refractivity contribution in [1.29, 1.82) is 0 Å². The monoisotopic (exact) mass is 263 g/mol. The fourth-order valence-electron chi connectivity index (χ4n) is 2.06. The Labute approximate surface area is 114 Å². The van der Waals surface area contributed by atoms with Crippen LogP contribution in [0.3, 0.4) is 0 Å². The van der Waals surface area contributed by atoms with Crippen LogP contribution in [0.5, 0.6) is 5.75 Å². The van der Waals surface area contributed by atoms with Gasteiger partial charge in [-0.15, -0.1) is 0 Å². The van der Waals surface area contributed by atoms with E-state index < -0.39 is 0 Å². The second kappa shape index (κ2) is 7.14. The molecule has 1 aromatic carbocycles. The van der Waals surface area contributed by atoms with E-state index in [-0.39, 0.29) is 12.0 Å². The quantitative estimate of drug-likeness (QED) is 0.857. The van der Waals surface area contributed by atoms with E-state index in [9.17, 15) is 4.79 Å². The maximum absolute atomic E-state index is 12.0. The van der Waals surface area contributed by atoms with E-state index in [4.69, 9.17) is 9.47 Å². The maximum Gasteiger partial charge on any atom is 0.251 e. The van der Waals surface area contributed by atoms with Crippen molar-refractivity contribution in [2.75, 3.05) is 19.8 Å². The van der Waals surface area contributed by atoms with Gasteiger partial charge in [-0.3, -0.25) is 4.79 Å². The highest BCUT2D eigenvalue weighted by Crippen LogP contribution is 2.14. The topological polar surface area (TPSA) is 47.6 Å². The number of carbonyl (C=O) groups is 1. The van der Waals surface area contributed by atoms with Crippen molar-refractivity contribution < 1.29 is 14.3 Å². The molecule has 1 N–H and O–H groups in total. The van der Waals surface area contributed by atoms with Crippen LogP contribution in [0.25, 0.3) is 0 Å². The predicted octanol–water partition coefficient (Wildman–Crippen LogP) is 2.38. The molecule has 1 unspecified atom stereocenters. The molecule has 1 aliphatic rings. The summed E-state index contributed by atoms with van der Waals surface area (Å²) in [5, 5.41) is 2.90. The van der Waals surface area contributed by atoms with Gasteiger partial charge < -0.3 is 14.8 Å². The van der Waals surface area contributed by atoms with E-state index in [2.05, 4.69) is 12.2 Å². The zero-order chi connectivity index (χ0) is 13.5. The first kappa shape index (κ1) is 13.9. The first-order valence-electron chi connectivity index (χ1n) is 6.92. The Morgan fingerprint density at radius 3 is 3.16 bits per heavy atom. The van der Waals surface area contributed by atoms with Crippen molar-refractivity contribution in [3.63, 3.8) is 0 Å². The van der Waals surface area contributed by atoms with Crippen molar-refractivity contribution in [3.8, 4) is 5.75 Å². The highest BCUT2D eigenvalue weighted by Gasteiger charge is 2.16. The van der Waals surface area contributed by atoms with Crippen LogP contribution in [0, 0.1) is 0 Å². The molecule has 1 saturated heterocycles. The van der Waals surface area contributed by atoms with E-state index in [1.807, 2.05) is 12.1 Å².